The molecule has 21 heavy (non-hydrogen) atoms. The van der Waals surface area contributed by atoms with Crippen LogP contribution in [-0.2, 0) is 26.8 Å². The second kappa shape index (κ2) is 8.03. The molecule has 2 rings (SSSR count). The maximum atomic E-state index is 11.8. The van der Waals surface area contributed by atoms with Crippen LogP contribution in [0.15, 0.2) is 48.5 Å². The molecule has 0 fully saturated rings. The van der Waals surface area contributed by atoms with Gasteiger partial charge in [0.1, 0.15) is 0 Å². The maximum Gasteiger partial charge on any atom is 0.472 e. The average Bonchev–Trinajstić information content (AvgIpc) is 2.46. The van der Waals surface area contributed by atoms with E-state index in [1.54, 1.807) is 0 Å². The molecule has 0 spiro atoms. The van der Waals surface area contributed by atoms with Crippen LogP contribution in [0, 0.1) is 7.14 Å². The van der Waals surface area contributed by atoms with E-state index >= 15 is 0 Å². The Balaban J connectivity index is 1.85. The van der Waals surface area contributed by atoms with E-state index in [1.807, 2.05) is 48.5 Å². The largest absolute Gasteiger partial charge is 0.472 e. The van der Waals surface area contributed by atoms with Gasteiger partial charge in [-0.25, -0.2) is 4.57 Å². The second-order valence-electron chi connectivity index (χ2n) is 4.27. The summed E-state index contributed by atoms with van der Waals surface area (Å²) in [6.45, 7) is 0.0781. The number of hydrogen-bond acceptors (Lipinski definition) is 3. The van der Waals surface area contributed by atoms with Crippen LogP contribution in [0.25, 0.3) is 0 Å². The summed E-state index contributed by atoms with van der Waals surface area (Å²) in [6, 6.07) is 15.0. The molecular weight excluding hydrogens is 517 g/mol. The third kappa shape index (κ3) is 6.33. The fourth-order valence-corrected chi connectivity index (χ4v) is 2.93. The summed E-state index contributed by atoms with van der Waals surface area (Å²) in [5, 5.41) is 0. The van der Waals surface area contributed by atoms with Crippen LogP contribution >= 0.6 is 53.0 Å². The third-order valence-corrected chi connectivity index (χ3v) is 4.96. The molecule has 0 saturated carbocycles. The first-order valence-corrected chi connectivity index (χ1v) is 9.71. The van der Waals surface area contributed by atoms with Crippen molar-refractivity contribution < 1.29 is 18.5 Å². The molecule has 0 aromatic heterocycles. The summed E-state index contributed by atoms with van der Waals surface area (Å²) < 4.78 is 24.0. The van der Waals surface area contributed by atoms with Crippen molar-refractivity contribution in [3.05, 3.63) is 66.8 Å². The Morgan fingerprint density at radius 2 is 1.14 bits per heavy atom. The lowest BCUT2D eigenvalue weighted by Gasteiger charge is -2.12. The van der Waals surface area contributed by atoms with Crippen molar-refractivity contribution >= 4 is 53.0 Å². The van der Waals surface area contributed by atoms with E-state index in [2.05, 4.69) is 45.2 Å². The molecule has 0 aliphatic heterocycles. The van der Waals surface area contributed by atoms with E-state index in [0.717, 1.165) is 18.3 Å². The van der Waals surface area contributed by atoms with E-state index in [0.29, 0.717) is 0 Å². The van der Waals surface area contributed by atoms with Crippen molar-refractivity contribution in [2.45, 2.75) is 13.2 Å². The van der Waals surface area contributed by atoms with Gasteiger partial charge in [-0.3, -0.25) is 9.05 Å². The van der Waals surface area contributed by atoms with Crippen LogP contribution in [0.3, 0.4) is 0 Å². The highest BCUT2D eigenvalue weighted by Crippen LogP contribution is 2.44. The van der Waals surface area contributed by atoms with Crippen LogP contribution in [0.5, 0.6) is 0 Å². The summed E-state index contributed by atoms with van der Waals surface area (Å²) in [7, 11) is -4.05. The van der Waals surface area contributed by atoms with Crippen molar-refractivity contribution in [1.29, 1.82) is 0 Å². The molecule has 1 N–H and O–H groups in total. The number of phosphoric acid groups is 1. The quantitative estimate of drug-likeness (QED) is 0.434. The van der Waals surface area contributed by atoms with Gasteiger partial charge in [-0.15, -0.1) is 0 Å². The van der Waals surface area contributed by atoms with Crippen LogP contribution in [0.4, 0.5) is 0 Å². The highest BCUT2D eigenvalue weighted by Gasteiger charge is 2.21. The minimum atomic E-state index is -4.05. The first-order chi connectivity index (χ1) is 9.94. The molecule has 0 aliphatic rings. The minimum Gasteiger partial charge on any atom is -0.302 e. The summed E-state index contributed by atoms with van der Waals surface area (Å²) in [5.74, 6) is 0. The van der Waals surface area contributed by atoms with Gasteiger partial charge in [-0.05, 0) is 80.6 Å². The van der Waals surface area contributed by atoms with Crippen LogP contribution in [0.1, 0.15) is 11.1 Å². The van der Waals surface area contributed by atoms with E-state index in [9.17, 15) is 9.46 Å². The molecule has 0 atom stereocenters. The highest BCUT2D eigenvalue weighted by molar-refractivity contribution is 14.1. The smallest absolute Gasteiger partial charge is 0.302 e. The normalized spacial score (nSPS) is 11.6. The van der Waals surface area contributed by atoms with Gasteiger partial charge in [0.2, 0.25) is 0 Å². The van der Waals surface area contributed by atoms with Gasteiger partial charge < -0.3 is 4.89 Å². The van der Waals surface area contributed by atoms with Gasteiger partial charge >= 0.3 is 7.82 Å². The van der Waals surface area contributed by atoms with Crippen molar-refractivity contribution in [3.63, 3.8) is 0 Å². The van der Waals surface area contributed by atoms with Gasteiger partial charge in [0.15, 0.2) is 0 Å². The predicted octanol–water partition coefficient (Wildman–Crippen LogP) is 4.73. The summed E-state index contributed by atoms with van der Waals surface area (Å²) in [5.41, 5.74) is 1.64. The van der Waals surface area contributed by atoms with Crippen LogP contribution < -0.4 is 0 Å². The lowest BCUT2D eigenvalue weighted by molar-refractivity contribution is 0.137. The lowest BCUT2D eigenvalue weighted by Crippen LogP contribution is -1.97. The van der Waals surface area contributed by atoms with E-state index < -0.39 is 7.82 Å². The number of hydrogen-bond donors (Lipinski definition) is 1. The minimum absolute atomic E-state index is 0.0391. The molecule has 0 saturated heterocycles. The molecule has 2 aromatic carbocycles. The Labute approximate surface area is 150 Å². The Morgan fingerprint density at radius 3 is 1.48 bits per heavy atom. The fraction of sp³-hybridized carbons (Fsp3) is 0.143. The molecule has 0 radical (unpaired) electrons. The topological polar surface area (TPSA) is 55.8 Å². The van der Waals surface area contributed by atoms with Crippen molar-refractivity contribution in [1.82, 2.24) is 0 Å². The number of benzene rings is 2. The van der Waals surface area contributed by atoms with Crippen molar-refractivity contribution in [2.75, 3.05) is 0 Å². The van der Waals surface area contributed by atoms with Crippen LogP contribution in [0.2, 0.25) is 0 Å². The maximum absolute atomic E-state index is 11.8. The molecular formula is C14H13I2O4P. The van der Waals surface area contributed by atoms with Gasteiger partial charge in [0.05, 0.1) is 13.2 Å². The Hall–Kier alpha value is 0.01000. The van der Waals surface area contributed by atoms with Crippen LogP contribution in [-0.4, -0.2) is 4.89 Å². The Bertz CT molecular complexity index is 575. The lowest BCUT2D eigenvalue weighted by atomic mass is 10.2. The predicted molar refractivity (Wildman–Crippen MR) is 97.7 cm³/mol. The van der Waals surface area contributed by atoms with Gasteiger partial charge in [-0.2, -0.15) is 0 Å². The van der Waals surface area contributed by atoms with Crippen molar-refractivity contribution in [2.24, 2.45) is 0 Å². The fourth-order valence-electron chi connectivity index (χ4n) is 1.51. The summed E-state index contributed by atoms with van der Waals surface area (Å²) >= 11 is 4.39. The molecule has 112 valence electrons. The zero-order chi connectivity index (χ0) is 15.3. The molecule has 0 amide bonds. The zero-order valence-electron chi connectivity index (χ0n) is 10.9. The standard InChI is InChI=1S/C14H13I2O4P/c15-13-5-1-11(2-6-13)9-19-21(17,18)20-10-12-3-7-14(16)8-4-12/h1-8H,9-10H2,(H,17,18). The first-order valence-electron chi connectivity index (χ1n) is 6.05. The number of rotatable bonds is 6. The monoisotopic (exact) mass is 530 g/mol. The highest BCUT2D eigenvalue weighted by atomic mass is 127. The molecule has 0 aliphatic carbocycles. The summed E-state index contributed by atoms with van der Waals surface area (Å²) in [6.07, 6.45) is 0. The van der Waals surface area contributed by atoms with Gasteiger partial charge in [0, 0.05) is 7.14 Å². The molecule has 4 nitrogen and oxygen atoms in total. The summed E-state index contributed by atoms with van der Waals surface area (Å²) in [4.78, 5) is 9.65. The average molecular weight is 530 g/mol. The Morgan fingerprint density at radius 1 is 0.810 bits per heavy atom. The van der Waals surface area contributed by atoms with Gasteiger partial charge in [-0.1, -0.05) is 24.3 Å². The zero-order valence-corrected chi connectivity index (χ0v) is 16.1. The molecule has 7 heteroatoms. The molecule has 0 heterocycles. The van der Waals surface area contributed by atoms with E-state index in [-0.39, 0.29) is 13.2 Å². The first kappa shape index (κ1) is 17.4. The molecule has 2 aromatic rings. The number of phosphoric ester groups is 1. The Kier molecular flexibility index (Phi) is 6.64. The molecule has 0 bridgehead atoms. The molecule has 0 unspecified atom stereocenters. The third-order valence-electron chi connectivity index (χ3n) is 2.62. The van der Waals surface area contributed by atoms with Gasteiger partial charge in [0.25, 0.3) is 0 Å². The second-order valence-corrected chi connectivity index (χ2v) is 8.21. The SMILES string of the molecule is O=P(O)(OCc1ccc(I)cc1)OCc1ccc(I)cc1. The van der Waals surface area contributed by atoms with Crippen molar-refractivity contribution in [3.8, 4) is 0 Å². The van der Waals surface area contributed by atoms with E-state index in [1.165, 1.54) is 0 Å². The number of halogens is 2. The van der Waals surface area contributed by atoms with E-state index in [4.69, 9.17) is 9.05 Å².